The fourth-order valence-corrected chi connectivity index (χ4v) is 2.55. The maximum absolute atomic E-state index is 12.5. The number of rotatable bonds is 2. The average molecular weight is 315 g/mol. The highest BCUT2D eigenvalue weighted by Gasteiger charge is 2.18. The minimum absolute atomic E-state index is 0.0880. The van der Waals surface area contributed by atoms with E-state index < -0.39 is 0 Å². The highest BCUT2D eigenvalue weighted by atomic mass is 79.9. The molecule has 0 aliphatic carbocycles. The molecular formula is C16H11BrO2. The molecular weight excluding hydrogens is 304 g/mol. The van der Waals surface area contributed by atoms with Gasteiger partial charge in [0.05, 0.1) is 0 Å². The number of furan rings is 1. The van der Waals surface area contributed by atoms with Gasteiger partial charge in [0, 0.05) is 21.0 Å². The summed E-state index contributed by atoms with van der Waals surface area (Å²) in [7, 11) is 0. The minimum Gasteiger partial charge on any atom is -0.452 e. The van der Waals surface area contributed by atoms with Crippen molar-refractivity contribution in [3.63, 3.8) is 0 Å². The zero-order chi connectivity index (χ0) is 13.4. The second-order valence-electron chi connectivity index (χ2n) is 4.39. The summed E-state index contributed by atoms with van der Waals surface area (Å²) in [6.07, 6.45) is 0. The molecule has 0 amide bonds. The van der Waals surface area contributed by atoms with Gasteiger partial charge < -0.3 is 4.42 Å². The van der Waals surface area contributed by atoms with Crippen molar-refractivity contribution in [3.8, 4) is 0 Å². The Balaban J connectivity index is 2.14. The van der Waals surface area contributed by atoms with E-state index in [0.29, 0.717) is 11.3 Å². The van der Waals surface area contributed by atoms with Crippen LogP contribution in [0.2, 0.25) is 0 Å². The van der Waals surface area contributed by atoms with Gasteiger partial charge in [0.25, 0.3) is 0 Å². The summed E-state index contributed by atoms with van der Waals surface area (Å²) in [5.74, 6) is 0.328. The van der Waals surface area contributed by atoms with Gasteiger partial charge in [-0.3, -0.25) is 4.79 Å². The molecule has 0 saturated heterocycles. The van der Waals surface area contributed by atoms with Crippen LogP contribution in [0.1, 0.15) is 21.7 Å². The van der Waals surface area contributed by atoms with Gasteiger partial charge in [-0.15, -0.1) is 0 Å². The number of ketones is 1. The molecule has 2 aromatic carbocycles. The van der Waals surface area contributed by atoms with Gasteiger partial charge in [-0.05, 0) is 25.1 Å². The van der Waals surface area contributed by atoms with E-state index in [2.05, 4.69) is 15.9 Å². The molecule has 3 aromatic rings. The molecule has 94 valence electrons. The van der Waals surface area contributed by atoms with E-state index in [1.54, 1.807) is 12.1 Å². The maximum atomic E-state index is 12.5. The third-order valence-corrected chi connectivity index (χ3v) is 3.63. The van der Waals surface area contributed by atoms with Crippen molar-refractivity contribution in [1.29, 1.82) is 0 Å². The van der Waals surface area contributed by atoms with Crippen LogP contribution in [0.15, 0.2) is 57.4 Å². The van der Waals surface area contributed by atoms with Crippen LogP contribution < -0.4 is 0 Å². The average Bonchev–Trinajstić information content (AvgIpc) is 2.76. The van der Waals surface area contributed by atoms with Crippen molar-refractivity contribution in [1.82, 2.24) is 0 Å². The number of hydrogen-bond acceptors (Lipinski definition) is 2. The number of hydrogen-bond donors (Lipinski definition) is 0. The number of fused-ring (bicyclic) bond motifs is 1. The highest BCUT2D eigenvalue weighted by Crippen LogP contribution is 2.27. The highest BCUT2D eigenvalue weighted by molar-refractivity contribution is 9.10. The van der Waals surface area contributed by atoms with Crippen LogP contribution in [0.4, 0.5) is 0 Å². The standard InChI is InChI=1S/C16H11BrO2/c1-10-13-7-2-3-8-14(13)19-16(10)15(18)11-5-4-6-12(17)9-11/h2-9H,1H3. The summed E-state index contributed by atoms with van der Waals surface area (Å²) < 4.78 is 6.57. The number of carbonyl (C=O) groups is 1. The fraction of sp³-hybridized carbons (Fsp3) is 0.0625. The topological polar surface area (TPSA) is 30.2 Å². The predicted molar refractivity (Wildman–Crippen MR) is 78.5 cm³/mol. The van der Waals surface area contributed by atoms with E-state index in [-0.39, 0.29) is 5.78 Å². The Labute approximate surface area is 119 Å². The lowest BCUT2D eigenvalue weighted by Gasteiger charge is -1.99. The van der Waals surface area contributed by atoms with E-state index in [1.807, 2.05) is 43.3 Å². The largest absolute Gasteiger partial charge is 0.452 e. The number of aryl methyl sites for hydroxylation is 1. The Morgan fingerprint density at radius 2 is 1.89 bits per heavy atom. The van der Waals surface area contributed by atoms with E-state index in [9.17, 15) is 4.79 Å². The Morgan fingerprint density at radius 1 is 1.11 bits per heavy atom. The third-order valence-electron chi connectivity index (χ3n) is 3.14. The summed E-state index contributed by atoms with van der Waals surface area (Å²) in [5, 5.41) is 0.987. The molecule has 2 nitrogen and oxygen atoms in total. The van der Waals surface area contributed by atoms with Crippen molar-refractivity contribution < 1.29 is 9.21 Å². The van der Waals surface area contributed by atoms with Gasteiger partial charge in [-0.25, -0.2) is 0 Å². The summed E-state index contributed by atoms with van der Waals surface area (Å²) >= 11 is 3.37. The zero-order valence-corrected chi connectivity index (χ0v) is 11.9. The van der Waals surface area contributed by atoms with Crippen LogP contribution in [-0.2, 0) is 0 Å². The first-order chi connectivity index (χ1) is 9.16. The molecule has 1 heterocycles. The molecule has 0 aliphatic rings. The van der Waals surface area contributed by atoms with E-state index in [0.717, 1.165) is 21.0 Å². The lowest BCUT2D eigenvalue weighted by atomic mass is 10.1. The summed E-state index contributed by atoms with van der Waals surface area (Å²) in [6, 6.07) is 15.0. The van der Waals surface area contributed by atoms with Crippen molar-refractivity contribution in [2.75, 3.05) is 0 Å². The second kappa shape index (κ2) is 4.67. The lowest BCUT2D eigenvalue weighted by Crippen LogP contribution is -2.01. The van der Waals surface area contributed by atoms with Gasteiger partial charge in [-0.2, -0.15) is 0 Å². The Bertz CT molecular complexity index is 771. The fourth-order valence-electron chi connectivity index (χ4n) is 2.15. The summed E-state index contributed by atoms with van der Waals surface area (Å²) in [4.78, 5) is 12.5. The smallest absolute Gasteiger partial charge is 0.228 e. The number of carbonyl (C=O) groups excluding carboxylic acids is 1. The van der Waals surface area contributed by atoms with Gasteiger partial charge >= 0.3 is 0 Å². The van der Waals surface area contributed by atoms with E-state index >= 15 is 0 Å². The molecule has 0 saturated carbocycles. The molecule has 0 radical (unpaired) electrons. The van der Waals surface area contributed by atoms with Gasteiger partial charge in [-0.1, -0.05) is 46.3 Å². The van der Waals surface area contributed by atoms with Gasteiger partial charge in [0.1, 0.15) is 5.58 Å². The molecule has 19 heavy (non-hydrogen) atoms. The summed E-state index contributed by atoms with van der Waals surface area (Å²) in [6.45, 7) is 1.91. The molecule has 0 fully saturated rings. The van der Waals surface area contributed by atoms with Crippen molar-refractivity contribution in [2.24, 2.45) is 0 Å². The van der Waals surface area contributed by atoms with E-state index in [1.165, 1.54) is 0 Å². The van der Waals surface area contributed by atoms with Crippen LogP contribution in [-0.4, -0.2) is 5.78 Å². The maximum Gasteiger partial charge on any atom is 0.228 e. The Morgan fingerprint density at radius 3 is 2.63 bits per heavy atom. The zero-order valence-electron chi connectivity index (χ0n) is 10.3. The SMILES string of the molecule is Cc1c(C(=O)c2cccc(Br)c2)oc2ccccc12. The predicted octanol–water partition coefficient (Wildman–Crippen LogP) is 4.73. The van der Waals surface area contributed by atoms with Crippen LogP contribution in [0.5, 0.6) is 0 Å². The minimum atomic E-state index is -0.0880. The molecule has 3 heteroatoms. The molecule has 3 rings (SSSR count). The van der Waals surface area contributed by atoms with Crippen LogP contribution in [0, 0.1) is 6.92 Å². The molecule has 0 atom stereocenters. The Kier molecular flexibility index (Phi) is 2.99. The van der Waals surface area contributed by atoms with E-state index in [4.69, 9.17) is 4.42 Å². The van der Waals surface area contributed by atoms with Crippen LogP contribution in [0.25, 0.3) is 11.0 Å². The van der Waals surface area contributed by atoms with Crippen molar-refractivity contribution in [3.05, 3.63) is 69.9 Å². The normalized spacial score (nSPS) is 10.8. The Hall–Kier alpha value is -1.87. The molecule has 1 aromatic heterocycles. The number of benzene rings is 2. The molecule has 0 unspecified atom stereocenters. The monoisotopic (exact) mass is 314 g/mol. The summed E-state index contributed by atoms with van der Waals surface area (Å²) in [5.41, 5.74) is 2.26. The molecule has 0 spiro atoms. The quantitative estimate of drug-likeness (QED) is 0.640. The van der Waals surface area contributed by atoms with Crippen molar-refractivity contribution >= 4 is 32.7 Å². The number of para-hydroxylation sites is 1. The third kappa shape index (κ3) is 2.10. The molecule has 0 N–H and O–H groups in total. The van der Waals surface area contributed by atoms with Crippen molar-refractivity contribution in [2.45, 2.75) is 6.92 Å². The number of halogens is 1. The first kappa shape index (κ1) is 12.2. The van der Waals surface area contributed by atoms with Crippen LogP contribution >= 0.6 is 15.9 Å². The lowest BCUT2D eigenvalue weighted by molar-refractivity contribution is 0.101. The molecule has 0 bridgehead atoms. The molecule has 0 aliphatic heterocycles. The van der Waals surface area contributed by atoms with Gasteiger partial charge in [0.15, 0.2) is 5.76 Å². The van der Waals surface area contributed by atoms with Crippen LogP contribution in [0.3, 0.4) is 0 Å². The first-order valence-electron chi connectivity index (χ1n) is 5.95. The first-order valence-corrected chi connectivity index (χ1v) is 6.74. The van der Waals surface area contributed by atoms with Gasteiger partial charge in [0.2, 0.25) is 5.78 Å². The second-order valence-corrected chi connectivity index (χ2v) is 5.31.